The fourth-order valence-corrected chi connectivity index (χ4v) is 3.80. The van der Waals surface area contributed by atoms with Crippen molar-refractivity contribution >= 4 is 23.4 Å². The van der Waals surface area contributed by atoms with E-state index in [0.29, 0.717) is 11.3 Å². The van der Waals surface area contributed by atoms with Crippen LogP contribution in [0.1, 0.15) is 59.3 Å². The van der Waals surface area contributed by atoms with Crippen molar-refractivity contribution in [3.8, 4) is 0 Å². The van der Waals surface area contributed by atoms with Gasteiger partial charge in [-0.3, -0.25) is 14.4 Å². The molecule has 0 radical (unpaired) electrons. The van der Waals surface area contributed by atoms with Crippen molar-refractivity contribution < 1.29 is 14.4 Å². The Morgan fingerprint density at radius 3 is 2.55 bits per heavy atom. The van der Waals surface area contributed by atoms with Gasteiger partial charge in [0.15, 0.2) is 0 Å². The molecule has 2 aromatic carbocycles. The molecule has 1 aliphatic rings. The Balaban J connectivity index is 1.55. The van der Waals surface area contributed by atoms with Crippen LogP contribution in [0.25, 0.3) is 0 Å². The van der Waals surface area contributed by atoms with Gasteiger partial charge in [-0.1, -0.05) is 30.3 Å². The summed E-state index contributed by atoms with van der Waals surface area (Å²) >= 11 is 0. The molecule has 7 heteroatoms. The predicted molar refractivity (Wildman–Crippen MR) is 121 cm³/mol. The maximum atomic E-state index is 12.5. The number of para-hydroxylation sites is 1. The largest absolute Gasteiger partial charge is 0.376 e. The molecule has 0 spiro atoms. The Bertz CT molecular complexity index is 958. The van der Waals surface area contributed by atoms with Crippen LogP contribution in [0.4, 0.5) is 5.69 Å². The van der Waals surface area contributed by atoms with E-state index in [1.54, 1.807) is 24.3 Å². The van der Waals surface area contributed by atoms with Crippen LogP contribution in [0.15, 0.2) is 42.5 Å². The number of aryl methyl sites for hydroxylation is 2. The third-order valence-corrected chi connectivity index (χ3v) is 5.52. The van der Waals surface area contributed by atoms with Gasteiger partial charge in [-0.05, 0) is 61.4 Å². The number of fused-ring (bicyclic) bond motifs is 1. The molecular formula is C24H30N4O3. The Morgan fingerprint density at radius 1 is 1.03 bits per heavy atom. The lowest BCUT2D eigenvalue weighted by Crippen LogP contribution is -2.33. The summed E-state index contributed by atoms with van der Waals surface area (Å²) in [7, 11) is 0. The fourth-order valence-electron chi connectivity index (χ4n) is 3.80. The molecule has 3 rings (SSSR count). The minimum Gasteiger partial charge on any atom is -0.376 e. The van der Waals surface area contributed by atoms with Gasteiger partial charge in [0.1, 0.15) is 0 Å². The van der Waals surface area contributed by atoms with E-state index >= 15 is 0 Å². The number of benzene rings is 2. The van der Waals surface area contributed by atoms with Gasteiger partial charge in [-0.2, -0.15) is 0 Å². The van der Waals surface area contributed by atoms with E-state index in [1.165, 1.54) is 24.0 Å². The summed E-state index contributed by atoms with van der Waals surface area (Å²) in [4.78, 5) is 35.7. The molecule has 0 saturated heterocycles. The predicted octanol–water partition coefficient (Wildman–Crippen LogP) is 2.46. The van der Waals surface area contributed by atoms with E-state index in [4.69, 9.17) is 5.73 Å². The molecule has 0 saturated carbocycles. The first-order valence-electron chi connectivity index (χ1n) is 10.7. The summed E-state index contributed by atoms with van der Waals surface area (Å²) < 4.78 is 0. The highest BCUT2D eigenvalue weighted by atomic mass is 16.2. The molecule has 1 unspecified atom stereocenters. The summed E-state index contributed by atoms with van der Waals surface area (Å²) in [5.41, 5.74) is 9.96. The summed E-state index contributed by atoms with van der Waals surface area (Å²) in [6.07, 6.45) is 4.77. The molecule has 164 valence electrons. The number of hydrogen-bond acceptors (Lipinski definition) is 4. The summed E-state index contributed by atoms with van der Waals surface area (Å²) in [5.74, 6) is -0.960. The number of rotatable bonds is 9. The highest BCUT2D eigenvalue weighted by molar-refractivity contribution is 6.00. The molecule has 2 aromatic rings. The molecule has 0 heterocycles. The zero-order chi connectivity index (χ0) is 22.2. The van der Waals surface area contributed by atoms with E-state index < -0.39 is 5.91 Å². The average Bonchev–Trinajstić information content (AvgIpc) is 2.77. The molecule has 7 nitrogen and oxygen atoms in total. The number of anilines is 1. The minimum atomic E-state index is -0.476. The highest BCUT2D eigenvalue weighted by Gasteiger charge is 2.15. The van der Waals surface area contributed by atoms with Crippen LogP contribution in [0, 0.1) is 0 Å². The summed E-state index contributed by atoms with van der Waals surface area (Å²) in [6.45, 7) is 2.19. The molecule has 0 aliphatic heterocycles. The van der Waals surface area contributed by atoms with Crippen molar-refractivity contribution in [2.45, 2.75) is 45.1 Å². The smallest absolute Gasteiger partial charge is 0.253 e. The second-order valence-corrected chi connectivity index (χ2v) is 7.90. The van der Waals surface area contributed by atoms with Gasteiger partial charge in [-0.25, -0.2) is 0 Å². The monoisotopic (exact) mass is 422 g/mol. The number of amides is 3. The minimum absolute atomic E-state index is 0.0425. The van der Waals surface area contributed by atoms with Crippen LogP contribution in [-0.4, -0.2) is 30.8 Å². The Labute approximate surface area is 182 Å². The lowest BCUT2D eigenvalue weighted by Gasteiger charge is -2.20. The van der Waals surface area contributed by atoms with Crippen molar-refractivity contribution in [1.82, 2.24) is 10.6 Å². The molecule has 3 amide bonds. The lowest BCUT2D eigenvalue weighted by molar-refractivity contribution is -0.120. The molecule has 5 N–H and O–H groups in total. The van der Waals surface area contributed by atoms with Crippen molar-refractivity contribution in [3.05, 3.63) is 64.7 Å². The number of hydrogen-bond donors (Lipinski definition) is 4. The van der Waals surface area contributed by atoms with E-state index in [0.717, 1.165) is 18.4 Å². The summed E-state index contributed by atoms with van der Waals surface area (Å²) in [5, 5.41) is 8.71. The Kier molecular flexibility index (Phi) is 7.65. The Morgan fingerprint density at radius 2 is 1.77 bits per heavy atom. The first-order valence-corrected chi connectivity index (χ1v) is 10.7. The van der Waals surface area contributed by atoms with Crippen LogP contribution < -0.4 is 21.7 Å². The maximum Gasteiger partial charge on any atom is 0.253 e. The van der Waals surface area contributed by atoms with Crippen molar-refractivity contribution in [2.24, 2.45) is 5.73 Å². The molecule has 0 fully saturated rings. The maximum absolute atomic E-state index is 12.5. The van der Waals surface area contributed by atoms with E-state index in [2.05, 4.69) is 34.1 Å². The van der Waals surface area contributed by atoms with Crippen LogP contribution in [0.5, 0.6) is 0 Å². The van der Waals surface area contributed by atoms with Gasteiger partial charge in [0.2, 0.25) is 11.8 Å². The molecule has 31 heavy (non-hydrogen) atoms. The molecular weight excluding hydrogens is 392 g/mol. The quantitative estimate of drug-likeness (QED) is 0.497. The topological polar surface area (TPSA) is 113 Å². The van der Waals surface area contributed by atoms with E-state index in [1.807, 2.05) is 6.92 Å². The Hall–Kier alpha value is -3.35. The highest BCUT2D eigenvalue weighted by Crippen LogP contribution is 2.24. The SMILES string of the molecule is CC(NC(=O)CNc1ccccc1C(=O)NCCC(N)=O)c1ccc2c(c1)CCCC2. The third-order valence-electron chi connectivity index (χ3n) is 5.52. The van der Waals surface area contributed by atoms with Gasteiger partial charge in [-0.15, -0.1) is 0 Å². The molecule has 1 atom stereocenters. The second kappa shape index (κ2) is 10.6. The van der Waals surface area contributed by atoms with Gasteiger partial charge in [0.25, 0.3) is 5.91 Å². The normalized spacial score (nSPS) is 13.6. The van der Waals surface area contributed by atoms with E-state index in [9.17, 15) is 14.4 Å². The van der Waals surface area contributed by atoms with Crippen LogP contribution >= 0.6 is 0 Å². The van der Waals surface area contributed by atoms with Crippen LogP contribution in [0.2, 0.25) is 0 Å². The number of carbonyl (C=O) groups is 3. The number of primary amides is 1. The summed E-state index contributed by atoms with van der Waals surface area (Å²) in [6, 6.07) is 13.3. The third kappa shape index (κ3) is 6.31. The molecule has 0 aromatic heterocycles. The van der Waals surface area contributed by atoms with Gasteiger partial charge in [0.05, 0.1) is 18.2 Å². The number of nitrogens with two attached hydrogens (primary N) is 1. The van der Waals surface area contributed by atoms with Crippen molar-refractivity contribution in [3.63, 3.8) is 0 Å². The zero-order valence-corrected chi connectivity index (χ0v) is 17.9. The zero-order valence-electron chi connectivity index (χ0n) is 17.9. The molecule has 0 bridgehead atoms. The van der Waals surface area contributed by atoms with Crippen LogP contribution in [-0.2, 0) is 22.4 Å². The first-order chi connectivity index (χ1) is 14.9. The standard InChI is InChI=1S/C24H30N4O3/c1-16(18-11-10-17-6-2-3-7-19(17)14-18)28-23(30)15-27-21-9-5-4-8-20(21)24(31)26-13-12-22(25)29/h4-5,8-11,14,16,27H,2-3,6-7,12-13,15H2,1H3,(H2,25,29)(H,26,31)(H,28,30). The number of nitrogens with one attached hydrogen (secondary N) is 3. The van der Waals surface area contributed by atoms with Gasteiger partial charge >= 0.3 is 0 Å². The van der Waals surface area contributed by atoms with Crippen LogP contribution in [0.3, 0.4) is 0 Å². The van der Waals surface area contributed by atoms with Gasteiger partial charge < -0.3 is 21.7 Å². The fraction of sp³-hybridized carbons (Fsp3) is 0.375. The second-order valence-electron chi connectivity index (χ2n) is 7.90. The lowest BCUT2D eigenvalue weighted by atomic mass is 9.89. The number of carbonyl (C=O) groups excluding carboxylic acids is 3. The average molecular weight is 423 g/mol. The molecule has 1 aliphatic carbocycles. The van der Waals surface area contributed by atoms with Gasteiger partial charge in [0, 0.05) is 18.7 Å². The first kappa shape index (κ1) is 22.3. The van der Waals surface area contributed by atoms with Crippen molar-refractivity contribution in [2.75, 3.05) is 18.4 Å². The van der Waals surface area contributed by atoms with E-state index in [-0.39, 0.29) is 37.4 Å². The van der Waals surface area contributed by atoms with Crippen molar-refractivity contribution in [1.29, 1.82) is 0 Å².